The maximum absolute atomic E-state index is 11.0. The van der Waals surface area contributed by atoms with Crippen molar-refractivity contribution in [2.75, 3.05) is 6.54 Å². The van der Waals surface area contributed by atoms with Crippen molar-refractivity contribution in [1.82, 2.24) is 10.6 Å². The summed E-state index contributed by atoms with van der Waals surface area (Å²) in [6.07, 6.45) is 0. The van der Waals surface area contributed by atoms with Crippen molar-refractivity contribution in [2.24, 2.45) is 0 Å². The lowest BCUT2D eigenvalue weighted by Crippen LogP contribution is -2.51. The molecule has 1 saturated heterocycles. The van der Waals surface area contributed by atoms with Crippen LogP contribution in [0, 0.1) is 6.92 Å². The van der Waals surface area contributed by atoms with Gasteiger partial charge in [-0.3, -0.25) is 9.59 Å². The second-order valence-electron chi connectivity index (χ2n) is 3.18. The molecule has 74 valence electrons. The number of carbonyl (C=O) groups excluding carboxylic acids is 2. The molecule has 0 radical (unpaired) electrons. The van der Waals surface area contributed by atoms with Crippen LogP contribution in [0.3, 0.4) is 0 Å². The average Bonchev–Trinajstić information content (AvgIpc) is 2.57. The van der Waals surface area contributed by atoms with E-state index in [1.807, 2.05) is 13.0 Å². The van der Waals surface area contributed by atoms with Gasteiger partial charge < -0.3 is 15.1 Å². The Balaban J connectivity index is 2.14. The molecule has 2 rings (SSSR count). The first kappa shape index (κ1) is 8.80. The summed E-state index contributed by atoms with van der Waals surface area (Å²) in [6.45, 7) is 2.20. The Morgan fingerprint density at radius 1 is 1.36 bits per heavy atom. The van der Waals surface area contributed by atoms with Crippen LogP contribution < -0.4 is 10.6 Å². The fourth-order valence-corrected chi connectivity index (χ4v) is 1.36. The molecular weight excluding hydrogens is 184 g/mol. The number of amides is 2. The minimum atomic E-state index is -0.615. The highest BCUT2D eigenvalue weighted by atomic mass is 16.3. The van der Waals surface area contributed by atoms with Crippen LogP contribution in [0.15, 0.2) is 16.5 Å². The summed E-state index contributed by atoms with van der Waals surface area (Å²) in [5.41, 5.74) is 0. The van der Waals surface area contributed by atoms with E-state index in [1.165, 1.54) is 0 Å². The van der Waals surface area contributed by atoms with Gasteiger partial charge in [0.05, 0.1) is 0 Å². The van der Waals surface area contributed by atoms with Gasteiger partial charge in [-0.2, -0.15) is 0 Å². The molecule has 1 aliphatic heterocycles. The molecule has 1 atom stereocenters. The van der Waals surface area contributed by atoms with Crippen LogP contribution in [0.1, 0.15) is 17.6 Å². The Hall–Kier alpha value is -1.78. The predicted octanol–water partition coefficient (Wildman–Crippen LogP) is -0.125. The van der Waals surface area contributed by atoms with Crippen molar-refractivity contribution >= 4 is 11.8 Å². The number of hydrogen-bond donors (Lipinski definition) is 2. The monoisotopic (exact) mass is 194 g/mol. The smallest absolute Gasteiger partial charge is 0.309 e. The molecule has 1 aliphatic rings. The van der Waals surface area contributed by atoms with E-state index in [4.69, 9.17) is 4.42 Å². The van der Waals surface area contributed by atoms with E-state index in [0.717, 1.165) is 5.76 Å². The highest BCUT2D eigenvalue weighted by molar-refractivity contribution is 6.35. The van der Waals surface area contributed by atoms with Gasteiger partial charge in [0.2, 0.25) is 0 Å². The molecule has 0 aromatic carbocycles. The normalized spacial score (nSPS) is 21.6. The molecule has 1 aromatic rings. The van der Waals surface area contributed by atoms with Crippen molar-refractivity contribution in [1.29, 1.82) is 0 Å². The van der Waals surface area contributed by atoms with Gasteiger partial charge in [0.25, 0.3) is 0 Å². The molecule has 2 heterocycles. The number of aryl methyl sites for hydroxylation is 1. The summed E-state index contributed by atoms with van der Waals surface area (Å²) in [4.78, 5) is 21.8. The largest absolute Gasteiger partial charge is 0.464 e. The van der Waals surface area contributed by atoms with Crippen molar-refractivity contribution in [3.05, 3.63) is 23.7 Å². The molecule has 14 heavy (non-hydrogen) atoms. The van der Waals surface area contributed by atoms with E-state index in [9.17, 15) is 9.59 Å². The molecule has 1 aromatic heterocycles. The van der Waals surface area contributed by atoms with Crippen molar-refractivity contribution in [3.63, 3.8) is 0 Å². The van der Waals surface area contributed by atoms with Gasteiger partial charge in [-0.1, -0.05) is 0 Å². The van der Waals surface area contributed by atoms with Crippen LogP contribution in [-0.4, -0.2) is 18.4 Å². The van der Waals surface area contributed by atoms with E-state index in [-0.39, 0.29) is 6.04 Å². The maximum atomic E-state index is 11.0. The molecule has 1 fully saturated rings. The third-order valence-corrected chi connectivity index (χ3v) is 2.08. The van der Waals surface area contributed by atoms with Gasteiger partial charge in [-0.05, 0) is 19.1 Å². The Kier molecular flexibility index (Phi) is 1.99. The molecule has 0 bridgehead atoms. The summed E-state index contributed by atoms with van der Waals surface area (Å²) in [6, 6.07) is 3.35. The van der Waals surface area contributed by atoms with Gasteiger partial charge in [0.15, 0.2) is 0 Å². The van der Waals surface area contributed by atoms with E-state index >= 15 is 0 Å². The van der Waals surface area contributed by atoms with Crippen LogP contribution in [0.2, 0.25) is 0 Å². The summed E-state index contributed by atoms with van der Waals surface area (Å²) in [5, 5.41) is 5.03. The Labute approximate surface area is 80.5 Å². The highest BCUT2D eigenvalue weighted by Gasteiger charge is 2.27. The van der Waals surface area contributed by atoms with E-state index in [2.05, 4.69) is 10.6 Å². The third kappa shape index (κ3) is 1.48. The number of nitrogens with one attached hydrogen (secondary N) is 2. The molecule has 2 N–H and O–H groups in total. The first-order chi connectivity index (χ1) is 6.66. The zero-order chi connectivity index (χ0) is 10.1. The second-order valence-corrected chi connectivity index (χ2v) is 3.18. The molecular formula is C9H10N2O3. The average molecular weight is 194 g/mol. The Morgan fingerprint density at radius 3 is 2.71 bits per heavy atom. The molecule has 0 aliphatic carbocycles. The van der Waals surface area contributed by atoms with Gasteiger partial charge >= 0.3 is 11.8 Å². The summed E-state index contributed by atoms with van der Waals surface area (Å²) >= 11 is 0. The molecule has 0 saturated carbocycles. The van der Waals surface area contributed by atoms with Gasteiger partial charge in [0.1, 0.15) is 17.6 Å². The third-order valence-electron chi connectivity index (χ3n) is 2.08. The van der Waals surface area contributed by atoms with Crippen LogP contribution in [-0.2, 0) is 9.59 Å². The summed E-state index contributed by atoms with van der Waals surface area (Å²) < 4.78 is 5.34. The fourth-order valence-electron chi connectivity index (χ4n) is 1.36. The number of piperazine rings is 1. The number of furan rings is 1. The molecule has 5 nitrogen and oxygen atoms in total. The van der Waals surface area contributed by atoms with Crippen molar-refractivity contribution < 1.29 is 14.0 Å². The molecule has 0 spiro atoms. The summed E-state index contributed by atoms with van der Waals surface area (Å²) in [7, 11) is 0. The molecule has 5 heteroatoms. The minimum Gasteiger partial charge on any atom is -0.464 e. The standard InChI is InChI=1S/C9H10N2O3/c1-5-2-3-7(14-5)6-4-10-8(12)9(13)11-6/h2-3,6H,4H2,1H3,(H,10,12)(H,11,13). The van der Waals surface area contributed by atoms with E-state index in [1.54, 1.807) is 6.07 Å². The first-order valence-corrected chi connectivity index (χ1v) is 4.32. The molecule has 2 amide bonds. The van der Waals surface area contributed by atoms with Gasteiger partial charge in [-0.25, -0.2) is 0 Å². The quantitative estimate of drug-likeness (QED) is 0.612. The predicted molar refractivity (Wildman–Crippen MR) is 47.3 cm³/mol. The van der Waals surface area contributed by atoms with Crippen LogP contribution in [0.25, 0.3) is 0 Å². The lowest BCUT2D eigenvalue weighted by Gasteiger charge is -2.21. The maximum Gasteiger partial charge on any atom is 0.309 e. The van der Waals surface area contributed by atoms with Crippen LogP contribution in [0.4, 0.5) is 0 Å². The molecule has 1 unspecified atom stereocenters. The van der Waals surface area contributed by atoms with Crippen LogP contribution in [0.5, 0.6) is 0 Å². The van der Waals surface area contributed by atoms with Gasteiger partial charge in [0, 0.05) is 6.54 Å². The minimum absolute atomic E-state index is 0.256. The zero-order valence-electron chi connectivity index (χ0n) is 7.66. The fraction of sp³-hybridized carbons (Fsp3) is 0.333. The van der Waals surface area contributed by atoms with Crippen molar-refractivity contribution in [3.8, 4) is 0 Å². The van der Waals surface area contributed by atoms with Crippen LogP contribution >= 0.6 is 0 Å². The van der Waals surface area contributed by atoms with Crippen molar-refractivity contribution in [2.45, 2.75) is 13.0 Å². The topological polar surface area (TPSA) is 71.3 Å². The SMILES string of the molecule is Cc1ccc(C2CNC(=O)C(=O)N2)o1. The van der Waals surface area contributed by atoms with E-state index in [0.29, 0.717) is 12.3 Å². The Bertz CT molecular complexity index is 383. The number of hydrogen-bond acceptors (Lipinski definition) is 3. The highest BCUT2D eigenvalue weighted by Crippen LogP contribution is 2.16. The zero-order valence-corrected chi connectivity index (χ0v) is 7.66. The summed E-state index contributed by atoms with van der Waals surface area (Å²) in [5.74, 6) is 0.238. The lowest BCUT2D eigenvalue weighted by atomic mass is 10.2. The lowest BCUT2D eigenvalue weighted by molar-refractivity contribution is -0.141. The second kappa shape index (κ2) is 3.17. The number of carbonyl (C=O) groups is 2. The first-order valence-electron chi connectivity index (χ1n) is 4.32. The Morgan fingerprint density at radius 2 is 2.14 bits per heavy atom. The van der Waals surface area contributed by atoms with E-state index < -0.39 is 11.8 Å². The number of rotatable bonds is 1. The van der Waals surface area contributed by atoms with Gasteiger partial charge in [-0.15, -0.1) is 0 Å².